The molecule has 1 aromatic heterocycles. The van der Waals surface area contributed by atoms with E-state index in [4.69, 9.17) is 0 Å². The van der Waals surface area contributed by atoms with E-state index in [1.165, 1.54) is 23.2 Å². The van der Waals surface area contributed by atoms with E-state index in [1.807, 2.05) is 6.92 Å². The minimum Gasteiger partial charge on any atom is -0.480 e. The molecule has 0 aliphatic carbocycles. The van der Waals surface area contributed by atoms with Crippen LogP contribution in [0, 0.1) is 10.1 Å². The molecule has 3 N–H and O–H groups in total. The van der Waals surface area contributed by atoms with Crippen LogP contribution in [0.5, 0.6) is 0 Å². The molecule has 0 aliphatic heterocycles. The van der Waals surface area contributed by atoms with Gasteiger partial charge in [0.2, 0.25) is 0 Å². The summed E-state index contributed by atoms with van der Waals surface area (Å²) in [5.41, 5.74) is -1.80. The van der Waals surface area contributed by atoms with Crippen LogP contribution in [0.3, 0.4) is 0 Å². The maximum Gasteiger partial charge on any atom is 0.336 e. The van der Waals surface area contributed by atoms with Crippen molar-refractivity contribution in [3.05, 3.63) is 52.0 Å². The average molecular weight is 418 g/mol. The second kappa shape index (κ2) is 10.1. The fraction of sp³-hybridized carbons (Fsp3) is 0.368. The molecule has 0 fully saturated rings. The normalized spacial score (nSPS) is 11.6. The van der Waals surface area contributed by atoms with Crippen molar-refractivity contribution in [2.24, 2.45) is 0 Å². The van der Waals surface area contributed by atoms with E-state index in [2.05, 4.69) is 10.3 Å². The van der Waals surface area contributed by atoms with Crippen molar-refractivity contribution in [2.45, 2.75) is 45.1 Å². The number of carbonyl (C=O) groups is 3. The van der Waals surface area contributed by atoms with Gasteiger partial charge in [-0.05, 0) is 12.5 Å². The molecule has 1 heterocycles. The highest BCUT2D eigenvalue weighted by atomic mass is 16.6. The van der Waals surface area contributed by atoms with Gasteiger partial charge in [0.15, 0.2) is 5.82 Å². The Bertz CT molecular complexity index is 922. The van der Waals surface area contributed by atoms with Crippen molar-refractivity contribution >= 4 is 29.4 Å². The number of aliphatic carboxylic acids is 1. The number of carboxylic acids is 2. The molecule has 1 unspecified atom stereocenters. The van der Waals surface area contributed by atoms with Gasteiger partial charge >= 0.3 is 11.9 Å². The number of unbranched alkanes of at least 4 members (excludes halogenated alkanes) is 3. The third-order valence-corrected chi connectivity index (χ3v) is 4.52. The maximum atomic E-state index is 12.6. The van der Waals surface area contributed by atoms with Crippen LogP contribution in [0.4, 0.5) is 11.5 Å². The minimum absolute atomic E-state index is 0.0469. The fourth-order valence-corrected chi connectivity index (χ4v) is 3.02. The van der Waals surface area contributed by atoms with E-state index in [9.17, 15) is 34.7 Å². The number of nitrogens with zero attached hydrogens (tertiary/aromatic N) is 3. The lowest BCUT2D eigenvalue weighted by Crippen LogP contribution is -2.19. The monoisotopic (exact) mass is 418 g/mol. The molecule has 0 saturated heterocycles. The highest BCUT2D eigenvalue weighted by Crippen LogP contribution is 2.24. The fourth-order valence-electron chi connectivity index (χ4n) is 3.02. The lowest BCUT2D eigenvalue weighted by Gasteiger charge is -2.13. The van der Waals surface area contributed by atoms with Crippen molar-refractivity contribution in [2.75, 3.05) is 5.32 Å². The molecule has 0 saturated carbocycles. The summed E-state index contributed by atoms with van der Waals surface area (Å²) in [5.74, 6) is -3.62. The van der Waals surface area contributed by atoms with E-state index in [1.54, 1.807) is 0 Å². The first kappa shape index (κ1) is 22.5. The summed E-state index contributed by atoms with van der Waals surface area (Å²) < 4.78 is 1.33. The predicted molar refractivity (Wildman–Crippen MR) is 106 cm³/mol. The summed E-state index contributed by atoms with van der Waals surface area (Å²) in [4.78, 5) is 49.8. The van der Waals surface area contributed by atoms with Crippen LogP contribution in [-0.2, 0) is 4.79 Å². The van der Waals surface area contributed by atoms with Crippen LogP contribution in [0.1, 0.15) is 65.8 Å². The highest BCUT2D eigenvalue weighted by Gasteiger charge is 2.28. The lowest BCUT2D eigenvalue weighted by atomic mass is 10.0. The number of nitrogens with one attached hydrogen (secondary N) is 1. The SMILES string of the molecule is CCCCCCC(C(=O)O)n1cnc(NC(=O)c2c(C(=O)O)cccc2[N+](=O)[O-])c1. The molecule has 0 aliphatic rings. The Morgan fingerprint density at radius 2 is 1.97 bits per heavy atom. The largest absolute Gasteiger partial charge is 0.480 e. The van der Waals surface area contributed by atoms with Gasteiger partial charge in [-0.3, -0.25) is 14.9 Å². The first-order chi connectivity index (χ1) is 14.3. The number of nitro benzene ring substituents is 1. The Kier molecular flexibility index (Phi) is 7.62. The number of carbonyl (C=O) groups excluding carboxylic acids is 1. The molecular formula is C19H22N4O7. The first-order valence-corrected chi connectivity index (χ1v) is 9.34. The zero-order chi connectivity index (χ0) is 22.3. The zero-order valence-corrected chi connectivity index (χ0v) is 16.3. The van der Waals surface area contributed by atoms with E-state index in [0.29, 0.717) is 12.8 Å². The second-order valence-electron chi connectivity index (χ2n) is 6.63. The molecule has 0 spiro atoms. The van der Waals surface area contributed by atoms with Gasteiger partial charge in [-0.2, -0.15) is 0 Å². The number of nitro groups is 1. The minimum atomic E-state index is -1.49. The zero-order valence-electron chi connectivity index (χ0n) is 16.3. The Morgan fingerprint density at radius 3 is 2.57 bits per heavy atom. The quantitative estimate of drug-likeness (QED) is 0.284. The summed E-state index contributed by atoms with van der Waals surface area (Å²) in [6.45, 7) is 2.05. The number of aromatic nitrogens is 2. The van der Waals surface area contributed by atoms with Gasteiger partial charge in [-0.15, -0.1) is 0 Å². The molecule has 2 rings (SSSR count). The topological polar surface area (TPSA) is 165 Å². The number of imidazole rings is 1. The van der Waals surface area contributed by atoms with Crippen molar-refractivity contribution in [1.29, 1.82) is 0 Å². The van der Waals surface area contributed by atoms with Crippen LogP contribution in [0.15, 0.2) is 30.7 Å². The van der Waals surface area contributed by atoms with Crippen molar-refractivity contribution in [1.82, 2.24) is 9.55 Å². The number of benzene rings is 1. The molecule has 0 bridgehead atoms. The standard InChI is InChI=1S/C19H22N4O7/c1-2-3-4-5-8-14(19(27)28)22-10-15(20-11-22)21-17(24)16-12(18(25)26)7-6-9-13(16)23(29)30/h6-7,9-11,14H,2-5,8H2,1H3,(H,21,24)(H,25,26)(H,27,28). The number of amides is 1. The smallest absolute Gasteiger partial charge is 0.336 e. The molecule has 1 atom stereocenters. The summed E-state index contributed by atoms with van der Waals surface area (Å²) >= 11 is 0. The number of anilines is 1. The first-order valence-electron chi connectivity index (χ1n) is 9.34. The van der Waals surface area contributed by atoms with Gasteiger partial charge in [0.25, 0.3) is 11.6 Å². The maximum absolute atomic E-state index is 12.6. The van der Waals surface area contributed by atoms with Gasteiger partial charge in [-0.25, -0.2) is 14.6 Å². The van der Waals surface area contributed by atoms with Crippen LogP contribution in [0.25, 0.3) is 0 Å². The summed E-state index contributed by atoms with van der Waals surface area (Å²) in [7, 11) is 0. The third-order valence-electron chi connectivity index (χ3n) is 4.52. The molecule has 2 aromatic rings. The summed E-state index contributed by atoms with van der Waals surface area (Å²) in [6.07, 6.45) is 6.54. The second-order valence-corrected chi connectivity index (χ2v) is 6.63. The van der Waals surface area contributed by atoms with Crippen LogP contribution in [-0.4, -0.2) is 42.5 Å². The molecule has 1 aromatic carbocycles. The van der Waals surface area contributed by atoms with Crippen molar-refractivity contribution in [3.63, 3.8) is 0 Å². The highest BCUT2D eigenvalue weighted by molar-refractivity contribution is 6.13. The molecule has 0 radical (unpaired) electrons. The number of rotatable bonds is 11. The molecular weight excluding hydrogens is 396 g/mol. The Balaban J connectivity index is 2.23. The Labute approximate surface area is 171 Å². The van der Waals surface area contributed by atoms with E-state index in [0.717, 1.165) is 31.4 Å². The molecule has 1 amide bonds. The number of aromatic carboxylic acids is 1. The van der Waals surface area contributed by atoms with Crippen LogP contribution in [0.2, 0.25) is 0 Å². The molecule has 160 valence electrons. The third kappa shape index (κ3) is 5.40. The van der Waals surface area contributed by atoms with E-state index >= 15 is 0 Å². The number of carboxylic acid groups (broad SMARTS) is 2. The van der Waals surface area contributed by atoms with E-state index < -0.39 is 45.6 Å². The molecule has 11 nitrogen and oxygen atoms in total. The summed E-state index contributed by atoms with van der Waals surface area (Å²) in [6, 6.07) is 2.40. The number of hydrogen-bond acceptors (Lipinski definition) is 6. The van der Waals surface area contributed by atoms with E-state index in [-0.39, 0.29) is 5.82 Å². The average Bonchev–Trinajstić information content (AvgIpc) is 3.14. The van der Waals surface area contributed by atoms with Crippen LogP contribution >= 0.6 is 0 Å². The Hall–Kier alpha value is -3.76. The predicted octanol–water partition coefficient (Wildman–Crippen LogP) is 3.34. The molecule has 30 heavy (non-hydrogen) atoms. The van der Waals surface area contributed by atoms with Gasteiger partial charge < -0.3 is 20.1 Å². The summed E-state index contributed by atoms with van der Waals surface area (Å²) in [5, 5.41) is 32.3. The van der Waals surface area contributed by atoms with Crippen LogP contribution < -0.4 is 5.32 Å². The van der Waals surface area contributed by atoms with Gasteiger partial charge in [-0.1, -0.05) is 38.7 Å². The van der Waals surface area contributed by atoms with Gasteiger partial charge in [0.1, 0.15) is 11.6 Å². The van der Waals surface area contributed by atoms with Gasteiger partial charge in [0.05, 0.1) is 16.8 Å². The number of hydrogen-bond donors (Lipinski definition) is 3. The lowest BCUT2D eigenvalue weighted by molar-refractivity contribution is -0.385. The van der Waals surface area contributed by atoms with Gasteiger partial charge in [0, 0.05) is 12.3 Å². The van der Waals surface area contributed by atoms with Crippen molar-refractivity contribution < 1.29 is 29.5 Å². The molecule has 11 heteroatoms. The Morgan fingerprint density at radius 1 is 1.23 bits per heavy atom. The van der Waals surface area contributed by atoms with Crippen molar-refractivity contribution in [3.8, 4) is 0 Å².